The summed E-state index contributed by atoms with van der Waals surface area (Å²) < 4.78 is 0.867. The number of nitrogen functional groups attached to an aromatic ring is 1. The molecule has 0 radical (unpaired) electrons. The summed E-state index contributed by atoms with van der Waals surface area (Å²) in [7, 11) is 0. The second-order valence-corrected chi connectivity index (χ2v) is 4.16. The van der Waals surface area contributed by atoms with Gasteiger partial charge in [-0.1, -0.05) is 34.1 Å². The van der Waals surface area contributed by atoms with Gasteiger partial charge in [0.05, 0.1) is 11.4 Å². The van der Waals surface area contributed by atoms with E-state index < -0.39 is 0 Å². The van der Waals surface area contributed by atoms with E-state index in [0.29, 0.717) is 17.3 Å². The van der Waals surface area contributed by atoms with E-state index in [1.807, 2.05) is 0 Å². The maximum absolute atomic E-state index is 5.80. The van der Waals surface area contributed by atoms with Crippen LogP contribution in [0.4, 0.5) is 11.4 Å². The Kier molecular flexibility index (Phi) is 3.63. The van der Waals surface area contributed by atoms with Gasteiger partial charge < -0.3 is 11.1 Å². The standard InChI is InChI=1S/C9H10BrClN2/c1-6(10)5-13-9-4-7(11)2-3-8(9)12/h2-4,13H,1,5,12H2. The quantitative estimate of drug-likeness (QED) is 0.820. The SMILES string of the molecule is C=C(Br)CNc1cc(Cl)ccc1N. The first-order chi connectivity index (χ1) is 6.09. The highest BCUT2D eigenvalue weighted by atomic mass is 79.9. The molecule has 0 heterocycles. The molecule has 0 atom stereocenters. The molecule has 3 N–H and O–H groups in total. The maximum atomic E-state index is 5.80. The average molecular weight is 262 g/mol. The Morgan fingerprint density at radius 2 is 2.31 bits per heavy atom. The van der Waals surface area contributed by atoms with Crippen LogP contribution in [0.1, 0.15) is 0 Å². The third-order valence-electron chi connectivity index (χ3n) is 1.49. The lowest BCUT2D eigenvalue weighted by Crippen LogP contribution is -2.03. The summed E-state index contributed by atoms with van der Waals surface area (Å²) in [6.45, 7) is 4.33. The molecule has 0 bridgehead atoms. The molecule has 0 aliphatic heterocycles. The van der Waals surface area contributed by atoms with Gasteiger partial charge in [-0.2, -0.15) is 0 Å². The monoisotopic (exact) mass is 260 g/mol. The van der Waals surface area contributed by atoms with Crippen molar-refractivity contribution >= 4 is 38.9 Å². The van der Waals surface area contributed by atoms with E-state index in [1.165, 1.54) is 0 Å². The molecule has 4 heteroatoms. The van der Waals surface area contributed by atoms with Crippen molar-refractivity contribution in [3.63, 3.8) is 0 Å². The first kappa shape index (κ1) is 10.4. The van der Waals surface area contributed by atoms with Gasteiger partial charge in [-0.25, -0.2) is 0 Å². The van der Waals surface area contributed by atoms with Gasteiger partial charge in [0, 0.05) is 16.0 Å². The largest absolute Gasteiger partial charge is 0.397 e. The molecular formula is C9H10BrClN2. The predicted octanol–water partition coefficient (Wildman–Crippen LogP) is 3.24. The van der Waals surface area contributed by atoms with Gasteiger partial charge in [-0.15, -0.1) is 0 Å². The van der Waals surface area contributed by atoms with E-state index in [4.69, 9.17) is 17.3 Å². The van der Waals surface area contributed by atoms with Crippen LogP contribution in [0.5, 0.6) is 0 Å². The zero-order valence-electron chi connectivity index (χ0n) is 6.98. The highest BCUT2D eigenvalue weighted by Gasteiger charge is 1.98. The van der Waals surface area contributed by atoms with Gasteiger partial charge in [0.2, 0.25) is 0 Å². The van der Waals surface area contributed by atoms with Crippen LogP contribution in [-0.2, 0) is 0 Å². The van der Waals surface area contributed by atoms with E-state index in [9.17, 15) is 0 Å². The number of anilines is 2. The fraction of sp³-hybridized carbons (Fsp3) is 0.111. The lowest BCUT2D eigenvalue weighted by atomic mass is 10.2. The third-order valence-corrected chi connectivity index (χ3v) is 2.00. The zero-order chi connectivity index (χ0) is 9.84. The Hall–Kier alpha value is -0.670. The predicted molar refractivity (Wildman–Crippen MR) is 62.4 cm³/mol. The van der Waals surface area contributed by atoms with Crippen molar-refractivity contribution in [1.29, 1.82) is 0 Å². The fourth-order valence-electron chi connectivity index (χ4n) is 0.873. The second-order valence-electron chi connectivity index (χ2n) is 2.60. The minimum atomic E-state index is 0.630. The molecule has 2 nitrogen and oxygen atoms in total. The number of hydrogen-bond acceptors (Lipinski definition) is 2. The molecule has 0 aliphatic carbocycles. The second kappa shape index (κ2) is 4.53. The third kappa shape index (κ3) is 3.28. The smallest absolute Gasteiger partial charge is 0.0591 e. The van der Waals surface area contributed by atoms with E-state index in [1.54, 1.807) is 18.2 Å². The molecule has 0 aromatic heterocycles. The van der Waals surface area contributed by atoms with Gasteiger partial charge in [0.25, 0.3) is 0 Å². The lowest BCUT2D eigenvalue weighted by molar-refractivity contribution is 1.33. The van der Waals surface area contributed by atoms with Crippen LogP contribution in [0, 0.1) is 0 Å². The van der Waals surface area contributed by atoms with Crippen LogP contribution < -0.4 is 11.1 Å². The molecule has 0 unspecified atom stereocenters. The molecule has 0 fully saturated rings. The molecule has 1 aromatic rings. The molecule has 70 valence electrons. The Morgan fingerprint density at radius 1 is 1.62 bits per heavy atom. The fourth-order valence-corrected chi connectivity index (χ4v) is 1.19. The number of hydrogen-bond donors (Lipinski definition) is 2. The maximum Gasteiger partial charge on any atom is 0.0591 e. The summed E-state index contributed by atoms with van der Waals surface area (Å²) in [5.41, 5.74) is 7.22. The van der Waals surface area contributed by atoms with Crippen molar-refractivity contribution in [3.05, 3.63) is 34.3 Å². The zero-order valence-corrected chi connectivity index (χ0v) is 9.32. The highest BCUT2D eigenvalue weighted by molar-refractivity contribution is 9.11. The minimum Gasteiger partial charge on any atom is -0.397 e. The summed E-state index contributed by atoms with van der Waals surface area (Å²) >= 11 is 9.05. The van der Waals surface area contributed by atoms with Gasteiger partial charge in [0.1, 0.15) is 0 Å². The Labute approximate surface area is 90.9 Å². The Balaban J connectivity index is 2.75. The molecule has 1 rings (SSSR count). The summed E-state index contributed by atoms with van der Waals surface area (Å²) in [5.74, 6) is 0. The average Bonchev–Trinajstić information content (AvgIpc) is 2.06. The molecular weight excluding hydrogens is 251 g/mol. The topological polar surface area (TPSA) is 38.0 Å². The van der Waals surface area contributed by atoms with Gasteiger partial charge in [0.15, 0.2) is 0 Å². The van der Waals surface area contributed by atoms with E-state index in [0.717, 1.165) is 10.2 Å². The number of halogens is 2. The minimum absolute atomic E-state index is 0.630. The van der Waals surface area contributed by atoms with Gasteiger partial charge in [-0.3, -0.25) is 0 Å². The van der Waals surface area contributed by atoms with Crippen LogP contribution >= 0.6 is 27.5 Å². The first-order valence-corrected chi connectivity index (χ1v) is 4.89. The van der Waals surface area contributed by atoms with Crippen molar-refractivity contribution in [3.8, 4) is 0 Å². The summed E-state index contributed by atoms with van der Waals surface area (Å²) in [6, 6.07) is 5.31. The van der Waals surface area contributed by atoms with Crippen LogP contribution in [0.2, 0.25) is 5.02 Å². The van der Waals surface area contributed by atoms with E-state index in [2.05, 4.69) is 27.8 Å². The Morgan fingerprint density at radius 3 is 2.92 bits per heavy atom. The van der Waals surface area contributed by atoms with E-state index >= 15 is 0 Å². The first-order valence-electron chi connectivity index (χ1n) is 3.72. The molecule has 0 amide bonds. The van der Waals surface area contributed by atoms with Crippen LogP contribution in [0.15, 0.2) is 29.3 Å². The van der Waals surface area contributed by atoms with Gasteiger partial charge in [-0.05, 0) is 18.2 Å². The van der Waals surface area contributed by atoms with Crippen LogP contribution in [0.25, 0.3) is 0 Å². The van der Waals surface area contributed by atoms with Crippen LogP contribution in [-0.4, -0.2) is 6.54 Å². The van der Waals surface area contributed by atoms with Gasteiger partial charge >= 0.3 is 0 Å². The molecule has 0 spiro atoms. The van der Waals surface area contributed by atoms with Crippen molar-refractivity contribution in [2.24, 2.45) is 0 Å². The molecule has 0 saturated heterocycles. The van der Waals surface area contributed by atoms with E-state index in [-0.39, 0.29) is 0 Å². The summed E-state index contributed by atoms with van der Waals surface area (Å²) in [5, 5.41) is 3.76. The van der Waals surface area contributed by atoms with Crippen molar-refractivity contribution < 1.29 is 0 Å². The normalized spacial score (nSPS) is 9.69. The molecule has 0 saturated carbocycles. The Bertz CT molecular complexity index is 325. The van der Waals surface area contributed by atoms with Crippen molar-refractivity contribution in [2.75, 3.05) is 17.6 Å². The molecule has 1 aromatic carbocycles. The number of nitrogens with one attached hydrogen (secondary N) is 1. The van der Waals surface area contributed by atoms with Crippen molar-refractivity contribution in [1.82, 2.24) is 0 Å². The highest BCUT2D eigenvalue weighted by Crippen LogP contribution is 2.23. The number of rotatable bonds is 3. The summed E-state index contributed by atoms with van der Waals surface area (Å²) in [4.78, 5) is 0. The number of benzene rings is 1. The van der Waals surface area contributed by atoms with Crippen LogP contribution in [0.3, 0.4) is 0 Å². The number of nitrogens with two attached hydrogens (primary N) is 1. The molecule has 0 aliphatic rings. The lowest BCUT2D eigenvalue weighted by Gasteiger charge is -2.08. The molecule has 13 heavy (non-hydrogen) atoms. The van der Waals surface area contributed by atoms with Crippen molar-refractivity contribution in [2.45, 2.75) is 0 Å². The summed E-state index contributed by atoms with van der Waals surface area (Å²) in [6.07, 6.45) is 0.